The number of hydrogen-bond acceptors (Lipinski definition) is 4. The topological polar surface area (TPSA) is 64.2 Å². The molecule has 2 aromatic rings. The summed E-state index contributed by atoms with van der Waals surface area (Å²) in [4.78, 5) is 44.9. The fraction of sp³-hybridized carbons (Fsp3) is 0.375. The molecule has 0 atom stereocenters. The van der Waals surface area contributed by atoms with Crippen LogP contribution in [0.3, 0.4) is 0 Å². The standard InChI is InChI=1S/C24H28N4O3/c1-19-7-9-20(10-8-19)17-27-15-16-28(24(31)23(27)30)18-22(29)26-13-11-25(12-14-26)21-5-3-2-4-6-21/h2-10H,11-18H2,1H3. The molecular weight excluding hydrogens is 392 g/mol. The van der Waals surface area contributed by atoms with Crippen LogP contribution in [0.1, 0.15) is 11.1 Å². The zero-order valence-corrected chi connectivity index (χ0v) is 17.9. The highest BCUT2D eigenvalue weighted by Gasteiger charge is 2.34. The molecule has 0 aliphatic carbocycles. The first-order valence-corrected chi connectivity index (χ1v) is 10.7. The Morgan fingerprint density at radius 1 is 0.774 bits per heavy atom. The molecule has 2 aromatic carbocycles. The Balaban J connectivity index is 1.28. The van der Waals surface area contributed by atoms with Gasteiger partial charge < -0.3 is 19.6 Å². The molecule has 162 valence electrons. The van der Waals surface area contributed by atoms with Gasteiger partial charge in [-0.25, -0.2) is 0 Å². The number of para-hydroxylation sites is 1. The first-order chi connectivity index (χ1) is 15.0. The Morgan fingerprint density at radius 2 is 1.39 bits per heavy atom. The van der Waals surface area contributed by atoms with Crippen LogP contribution in [-0.2, 0) is 20.9 Å². The second-order valence-electron chi connectivity index (χ2n) is 8.14. The van der Waals surface area contributed by atoms with E-state index in [0.717, 1.165) is 29.9 Å². The molecular formula is C24H28N4O3. The summed E-state index contributed by atoms with van der Waals surface area (Å²) in [5.74, 6) is -1.22. The zero-order chi connectivity index (χ0) is 21.8. The lowest BCUT2D eigenvalue weighted by Crippen LogP contribution is -2.57. The lowest BCUT2D eigenvalue weighted by molar-refractivity contribution is -0.158. The molecule has 0 saturated carbocycles. The summed E-state index contributed by atoms with van der Waals surface area (Å²) in [7, 11) is 0. The van der Waals surface area contributed by atoms with Crippen molar-refractivity contribution in [3.8, 4) is 0 Å². The largest absolute Gasteiger partial charge is 0.368 e. The predicted molar refractivity (Wildman–Crippen MR) is 118 cm³/mol. The van der Waals surface area contributed by atoms with E-state index < -0.39 is 11.8 Å². The van der Waals surface area contributed by atoms with Crippen LogP contribution >= 0.6 is 0 Å². The molecule has 0 spiro atoms. The number of carbonyl (C=O) groups is 3. The van der Waals surface area contributed by atoms with Crippen LogP contribution in [-0.4, -0.2) is 78.2 Å². The number of rotatable bonds is 5. The molecule has 0 bridgehead atoms. The van der Waals surface area contributed by atoms with E-state index in [1.165, 1.54) is 4.90 Å². The number of hydrogen-bond donors (Lipinski definition) is 0. The van der Waals surface area contributed by atoms with Crippen molar-refractivity contribution in [2.45, 2.75) is 13.5 Å². The minimum atomic E-state index is -0.588. The van der Waals surface area contributed by atoms with Gasteiger partial charge in [-0.3, -0.25) is 14.4 Å². The maximum absolute atomic E-state index is 12.8. The van der Waals surface area contributed by atoms with E-state index in [4.69, 9.17) is 0 Å². The Hall–Kier alpha value is -3.35. The smallest absolute Gasteiger partial charge is 0.312 e. The van der Waals surface area contributed by atoms with E-state index in [1.54, 1.807) is 9.80 Å². The van der Waals surface area contributed by atoms with Gasteiger partial charge in [0.25, 0.3) is 0 Å². The van der Waals surface area contributed by atoms with Gasteiger partial charge in [-0.15, -0.1) is 0 Å². The predicted octanol–water partition coefficient (Wildman–Crippen LogP) is 1.51. The molecule has 7 heteroatoms. The van der Waals surface area contributed by atoms with Crippen molar-refractivity contribution < 1.29 is 14.4 Å². The third-order valence-corrected chi connectivity index (χ3v) is 5.97. The second kappa shape index (κ2) is 9.20. The van der Waals surface area contributed by atoms with Crippen molar-refractivity contribution in [2.24, 2.45) is 0 Å². The molecule has 0 unspecified atom stereocenters. The number of anilines is 1. The normalized spacial score (nSPS) is 17.3. The summed E-state index contributed by atoms with van der Waals surface area (Å²) in [5.41, 5.74) is 3.30. The highest BCUT2D eigenvalue weighted by Crippen LogP contribution is 2.16. The highest BCUT2D eigenvalue weighted by atomic mass is 16.2. The van der Waals surface area contributed by atoms with Crippen molar-refractivity contribution in [2.75, 3.05) is 50.7 Å². The number of amides is 3. The fourth-order valence-corrected chi connectivity index (χ4v) is 4.05. The first-order valence-electron chi connectivity index (χ1n) is 10.7. The van der Waals surface area contributed by atoms with Crippen LogP contribution in [0.4, 0.5) is 5.69 Å². The van der Waals surface area contributed by atoms with Crippen LogP contribution in [0.5, 0.6) is 0 Å². The zero-order valence-electron chi connectivity index (χ0n) is 17.9. The van der Waals surface area contributed by atoms with E-state index >= 15 is 0 Å². The van der Waals surface area contributed by atoms with Gasteiger partial charge in [0.15, 0.2) is 0 Å². The van der Waals surface area contributed by atoms with Crippen molar-refractivity contribution >= 4 is 23.4 Å². The van der Waals surface area contributed by atoms with Crippen molar-refractivity contribution in [1.29, 1.82) is 0 Å². The summed E-state index contributed by atoms with van der Waals surface area (Å²) < 4.78 is 0. The molecule has 2 aliphatic rings. The van der Waals surface area contributed by atoms with Crippen LogP contribution in [0, 0.1) is 6.92 Å². The molecule has 2 heterocycles. The van der Waals surface area contributed by atoms with Gasteiger partial charge in [0, 0.05) is 51.5 Å². The molecule has 4 rings (SSSR count). The van der Waals surface area contributed by atoms with Gasteiger partial charge >= 0.3 is 11.8 Å². The minimum Gasteiger partial charge on any atom is -0.368 e. The summed E-state index contributed by atoms with van der Waals surface area (Å²) >= 11 is 0. The maximum Gasteiger partial charge on any atom is 0.312 e. The molecule has 0 radical (unpaired) electrons. The van der Waals surface area contributed by atoms with Crippen molar-refractivity contribution in [3.63, 3.8) is 0 Å². The van der Waals surface area contributed by atoms with Crippen LogP contribution in [0.2, 0.25) is 0 Å². The third-order valence-electron chi connectivity index (χ3n) is 5.97. The van der Waals surface area contributed by atoms with E-state index in [-0.39, 0.29) is 12.5 Å². The Kier molecular flexibility index (Phi) is 6.21. The quantitative estimate of drug-likeness (QED) is 0.688. The highest BCUT2D eigenvalue weighted by molar-refractivity contribution is 6.35. The maximum atomic E-state index is 12.8. The molecule has 2 saturated heterocycles. The van der Waals surface area contributed by atoms with Gasteiger partial charge in [0.1, 0.15) is 6.54 Å². The number of benzene rings is 2. The molecule has 7 nitrogen and oxygen atoms in total. The van der Waals surface area contributed by atoms with Crippen LogP contribution < -0.4 is 4.90 Å². The van der Waals surface area contributed by atoms with Crippen molar-refractivity contribution in [3.05, 3.63) is 65.7 Å². The summed E-state index contributed by atoms with van der Waals surface area (Å²) in [6.45, 7) is 5.95. The van der Waals surface area contributed by atoms with Gasteiger partial charge in [-0.2, -0.15) is 0 Å². The Labute approximate surface area is 182 Å². The Bertz CT molecular complexity index is 937. The molecule has 0 N–H and O–H groups in total. The molecule has 31 heavy (non-hydrogen) atoms. The fourth-order valence-electron chi connectivity index (χ4n) is 4.05. The van der Waals surface area contributed by atoms with Crippen LogP contribution in [0.15, 0.2) is 54.6 Å². The third kappa shape index (κ3) is 4.87. The number of aryl methyl sites for hydroxylation is 1. The SMILES string of the molecule is Cc1ccc(CN2CCN(CC(=O)N3CCN(c4ccccc4)CC3)C(=O)C2=O)cc1. The monoisotopic (exact) mass is 420 g/mol. The summed E-state index contributed by atoms with van der Waals surface area (Å²) in [5, 5.41) is 0. The molecule has 3 amide bonds. The average molecular weight is 421 g/mol. The van der Waals surface area contributed by atoms with Gasteiger partial charge in [0.2, 0.25) is 5.91 Å². The number of carbonyl (C=O) groups excluding carboxylic acids is 3. The summed E-state index contributed by atoms with van der Waals surface area (Å²) in [6, 6.07) is 18.1. The van der Waals surface area contributed by atoms with Gasteiger partial charge in [-0.05, 0) is 24.6 Å². The summed E-state index contributed by atoms with van der Waals surface area (Å²) in [6.07, 6.45) is 0. The Morgan fingerprint density at radius 3 is 2.06 bits per heavy atom. The number of nitrogens with zero attached hydrogens (tertiary/aromatic N) is 4. The molecule has 2 aliphatic heterocycles. The first kappa shape index (κ1) is 20.9. The average Bonchev–Trinajstić information content (AvgIpc) is 2.81. The van der Waals surface area contributed by atoms with Crippen LogP contribution in [0.25, 0.3) is 0 Å². The lowest BCUT2D eigenvalue weighted by atomic mass is 10.1. The van der Waals surface area contributed by atoms with E-state index in [1.807, 2.05) is 49.4 Å². The van der Waals surface area contributed by atoms with Gasteiger partial charge in [-0.1, -0.05) is 48.0 Å². The molecule has 0 aromatic heterocycles. The van der Waals surface area contributed by atoms with E-state index in [0.29, 0.717) is 32.7 Å². The van der Waals surface area contributed by atoms with Crippen molar-refractivity contribution in [1.82, 2.24) is 14.7 Å². The molecule has 2 fully saturated rings. The second-order valence-corrected chi connectivity index (χ2v) is 8.14. The van der Waals surface area contributed by atoms with E-state index in [9.17, 15) is 14.4 Å². The number of piperazine rings is 2. The van der Waals surface area contributed by atoms with E-state index in [2.05, 4.69) is 17.0 Å². The lowest BCUT2D eigenvalue weighted by Gasteiger charge is -2.38. The van der Waals surface area contributed by atoms with Gasteiger partial charge in [0.05, 0.1) is 0 Å². The minimum absolute atomic E-state index is 0.0335.